The van der Waals surface area contributed by atoms with Crippen LogP contribution in [-0.4, -0.2) is 14.9 Å². The summed E-state index contributed by atoms with van der Waals surface area (Å²) in [6, 6.07) is 15.5. The molecule has 2 fully saturated rings. The standard InChI is InChI=1S/C35H52O2Si/c1-8-26-22-31-27(23-33(26)36-24-25-12-10-9-11-13-25)14-16-30-29(31)18-20-35(5)28(15-17-32(30)35)19-21-37-38(6,7)34(2,3)4/h9-13,22-23,28-30,32H,8,14-21,24H2,1-7H3. The molecule has 2 nitrogen and oxygen atoms in total. The zero-order valence-corrected chi connectivity index (χ0v) is 26.2. The van der Waals surface area contributed by atoms with E-state index in [-0.39, 0.29) is 0 Å². The van der Waals surface area contributed by atoms with Crippen molar-refractivity contribution in [2.45, 2.75) is 117 Å². The molecule has 2 aromatic rings. The van der Waals surface area contributed by atoms with Gasteiger partial charge in [0.05, 0.1) is 0 Å². The quantitative estimate of drug-likeness (QED) is 0.315. The maximum atomic E-state index is 6.65. The Kier molecular flexibility index (Phi) is 7.92. The lowest BCUT2D eigenvalue weighted by molar-refractivity contribution is 0.0214. The summed E-state index contributed by atoms with van der Waals surface area (Å²) in [6.45, 7) is 18.4. The first-order valence-electron chi connectivity index (χ1n) is 15.5. The van der Waals surface area contributed by atoms with E-state index >= 15 is 0 Å². The average molecular weight is 533 g/mol. The van der Waals surface area contributed by atoms with Crippen LogP contribution in [-0.2, 0) is 23.9 Å². The number of aryl methyl sites for hydroxylation is 2. The molecule has 3 heteroatoms. The number of fused-ring (bicyclic) bond motifs is 5. The molecule has 0 aromatic heterocycles. The molecule has 0 radical (unpaired) electrons. The number of benzene rings is 2. The molecule has 3 aliphatic carbocycles. The van der Waals surface area contributed by atoms with Gasteiger partial charge in [0.2, 0.25) is 0 Å². The van der Waals surface area contributed by atoms with Gasteiger partial charge in [0.1, 0.15) is 12.4 Å². The zero-order chi connectivity index (χ0) is 27.1. The van der Waals surface area contributed by atoms with Crippen LogP contribution in [0.5, 0.6) is 5.75 Å². The molecule has 3 aliphatic rings. The monoisotopic (exact) mass is 532 g/mol. The van der Waals surface area contributed by atoms with E-state index in [4.69, 9.17) is 9.16 Å². The van der Waals surface area contributed by atoms with Crippen LogP contribution < -0.4 is 4.74 Å². The highest BCUT2D eigenvalue weighted by Crippen LogP contribution is 2.63. The fourth-order valence-electron chi connectivity index (χ4n) is 8.05. The van der Waals surface area contributed by atoms with Gasteiger partial charge < -0.3 is 9.16 Å². The second-order valence-corrected chi connectivity index (χ2v) is 19.2. The summed E-state index contributed by atoms with van der Waals surface area (Å²) < 4.78 is 13.0. The summed E-state index contributed by atoms with van der Waals surface area (Å²) in [5.41, 5.74) is 6.36. The van der Waals surface area contributed by atoms with Gasteiger partial charge in [-0.25, -0.2) is 0 Å². The third-order valence-electron chi connectivity index (χ3n) is 11.5. The smallest absolute Gasteiger partial charge is 0.191 e. The minimum atomic E-state index is -1.66. The highest BCUT2D eigenvalue weighted by atomic mass is 28.4. The third-order valence-corrected chi connectivity index (χ3v) is 16.0. The Bertz CT molecular complexity index is 1100. The van der Waals surface area contributed by atoms with E-state index in [0.717, 1.165) is 42.4 Å². The number of hydrogen-bond acceptors (Lipinski definition) is 2. The van der Waals surface area contributed by atoms with E-state index in [9.17, 15) is 0 Å². The lowest BCUT2D eigenvalue weighted by atomic mass is 9.54. The maximum Gasteiger partial charge on any atom is 0.191 e. The van der Waals surface area contributed by atoms with Crippen molar-refractivity contribution >= 4 is 8.32 Å². The second-order valence-electron chi connectivity index (χ2n) is 14.4. The molecule has 0 aliphatic heterocycles. The van der Waals surface area contributed by atoms with Crippen LogP contribution >= 0.6 is 0 Å². The average Bonchev–Trinajstić information content (AvgIpc) is 3.22. The van der Waals surface area contributed by atoms with E-state index in [1.807, 2.05) is 0 Å². The summed E-state index contributed by atoms with van der Waals surface area (Å²) in [5.74, 6) is 4.42. The van der Waals surface area contributed by atoms with Crippen LogP contribution in [0.3, 0.4) is 0 Å². The van der Waals surface area contributed by atoms with E-state index in [0.29, 0.717) is 17.1 Å². The van der Waals surface area contributed by atoms with Gasteiger partial charge in [0, 0.05) is 6.61 Å². The minimum Gasteiger partial charge on any atom is -0.489 e. The topological polar surface area (TPSA) is 18.5 Å². The first kappa shape index (κ1) is 28.0. The van der Waals surface area contributed by atoms with Crippen molar-refractivity contribution in [1.82, 2.24) is 0 Å². The van der Waals surface area contributed by atoms with Crippen LogP contribution in [0.2, 0.25) is 18.1 Å². The summed E-state index contributed by atoms with van der Waals surface area (Å²) in [7, 11) is -1.66. The molecule has 5 unspecified atom stereocenters. The van der Waals surface area contributed by atoms with Crippen molar-refractivity contribution in [2.24, 2.45) is 23.2 Å². The number of ether oxygens (including phenoxy) is 1. The first-order valence-corrected chi connectivity index (χ1v) is 18.4. The predicted octanol–water partition coefficient (Wildman–Crippen LogP) is 9.71. The first-order chi connectivity index (χ1) is 18.0. The van der Waals surface area contributed by atoms with Crippen LogP contribution in [0.1, 0.15) is 101 Å². The molecule has 0 bridgehead atoms. The van der Waals surface area contributed by atoms with Gasteiger partial charge in [-0.2, -0.15) is 0 Å². The molecule has 5 rings (SSSR count). The van der Waals surface area contributed by atoms with Crippen molar-refractivity contribution in [2.75, 3.05) is 6.61 Å². The molecule has 0 spiro atoms. The Morgan fingerprint density at radius 2 is 1.76 bits per heavy atom. The summed E-state index contributed by atoms with van der Waals surface area (Å²) in [6.07, 6.45) is 10.4. The maximum absolute atomic E-state index is 6.65. The van der Waals surface area contributed by atoms with Gasteiger partial charge in [0.15, 0.2) is 8.32 Å². The van der Waals surface area contributed by atoms with Gasteiger partial charge in [0.25, 0.3) is 0 Å². The molecule has 38 heavy (non-hydrogen) atoms. The predicted molar refractivity (Wildman–Crippen MR) is 162 cm³/mol. The normalized spacial score (nSPS) is 28.9. The van der Waals surface area contributed by atoms with Gasteiger partial charge in [-0.3, -0.25) is 0 Å². The van der Waals surface area contributed by atoms with Crippen LogP contribution in [0.25, 0.3) is 0 Å². The lowest BCUT2D eigenvalue weighted by Crippen LogP contribution is -2.43. The summed E-state index contributed by atoms with van der Waals surface area (Å²) in [4.78, 5) is 0. The highest BCUT2D eigenvalue weighted by molar-refractivity contribution is 6.74. The van der Waals surface area contributed by atoms with Crippen LogP contribution in [0.4, 0.5) is 0 Å². The van der Waals surface area contributed by atoms with Crippen LogP contribution in [0, 0.1) is 23.2 Å². The Hall–Kier alpha value is -1.58. The van der Waals surface area contributed by atoms with Crippen molar-refractivity contribution in [3.63, 3.8) is 0 Å². The highest BCUT2D eigenvalue weighted by Gasteiger charge is 2.54. The van der Waals surface area contributed by atoms with E-state index in [1.165, 1.54) is 56.1 Å². The van der Waals surface area contributed by atoms with Gasteiger partial charge >= 0.3 is 0 Å². The third kappa shape index (κ3) is 5.27. The number of rotatable bonds is 8. The molecule has 208 valence electrons. The van der Waals surface area contributed by atoms with Gasteiger partial charge in [-0.15, -0.1) is 0 Å². The second kappa shape index (κ2) is 10.8. The molecule has 0 amide bonds. The van der Waals surface area contributed by atoms with Crippen molar-refractivity contribution in [3.8, 4) is 5.75 Å². The molecular weight excluding hydrogens is 480 g/mol. The minimum absolute atomic E-state index is 0.298. The SMILES string of the molecule is CCc1cc2c(cc1OCc1ccccc1)CCC1C2CCC2(C)C(CCO[Si](C)(C)C(C)(C)C)CCC12. The summed E-state index contributed by atoms with van der Waals surface area (Å²) >= 11 is 0. The fourth-order valence-corrected chi connectivity index (χ4v) is 9.11. The Morgan fingerprint density at radius 3 is 2.47 bits per heavy atom. The lowest BCUT2D eigenvalue weighted by Gasteiger charge is -2.51. The van der Waals surface area contributed by atoms with Crippen molar-refractivity contribution in [3.05, 3.63) is 64.7 Å². The molecule has 0 N–H and O–H groups in total. The van der Waals surface area contributed by atoms with Crippen molar-refractivity contribution in [1.29, 1.82) is 0 Å². The summed E-state index contributed by atoms with van der Waals surface area (Å²) in [5, 5.41) is 0.298. The molecule has 0 saturated heterocycles. The molecule has 2 aromatic carbocycles. The van der Waals surface area contributed by atoms with Crippen LogP contribution in [0.15, 0.2) is 42.5 Å². The molecule has 5 atom stereocenters. The van der Waals surface area contributed by atoms with E-state index in [1.54, 1.807) is 11.1 Å². The van der Waals surface area contributed by atoms with E-state index in [2.05, 4.69) is 90.2 Å². The fraction of sp³-hybridized carbons (Fsp3) is 0.657. The molecular formula is C35H52O2Si. The zero-order valence-electron chi connectivity index (χ0n) is 25.2. The molecule has 0 heterocycles. The van der Waals surface area contributed by atoms with E-state index < -0.39 is 8.32 Å². The van der Waals surface area contributed by atoms with Crippen molar-refractivity contribution < 1.29 is 9.16 Å². The molecule has 2 saturated carbocycles. The largest absolute Gasteiger partial charge is 0.489 e. The Balaban J connectivity index is 1.28. The number of hydrogen-bond donors (Lipinski definition) is 0. The Labute approximate surface area is 234 Å². The van der Waals surface area contributed by atoms with Gasteiger partial charge in [-0.05, 0) is 127 Å². The Morgan fingerprint density at radius 1 is 1.00 bits per heavy atom. The van der Waals surface area contributed by atoms with Gasteiger partial charge in [-0.1, -0.05) is 71.0 Å².